The molecule has 0 saturated heterocycles. The van der Waals surface area contributed by atoms with Crippen LogP contribution in [-0.2, 0) is 0 Å². The average molecular weight is 327 g/mol. The van der Waals surface area contributed by atoms with E-state index < -0.39 is 4.92 Å². The monoisotopic (exact) mass is 326 g/mol. The fourth-order valence-electron chi connectivity index (χ4n) is 2.33. The van der Waals surface area contributed by atoms with Crippen LogP contribution in [-0.4, -0.2) is 21.7 Å². The number of rotatable bonds is 3. The Morgan fingerprint density at radius 1 is 1.47 bits per heavy atom. The molecule has 0 bridgehead atoms. The van der Waals surface area contributed by atoms with E-state index in [1.807, 2.05) is 0 Å². The minimum atomic E-state index is -0.442. The van der Waals surface area contributed by atoms with E-state index in [-0.39, 0.29) is 17.6 Å². The van der Waals surface area contributed by atoms with E-state index in [0.29, 0.717) is 16.0 Å². The lowest BCUT2D eigenvalue weighted by molar-refractivity contribution is -0.385. The summed E-state index contributed by atoms with van der Waals surface area (Å²) in [6.45, 7) is 1.64. The van der Waals surface area contributed by atoms with Crippen LogP contribution in [0.2, 0.25) is 0 Å². The molecule has 1 aromatic rings. The van der Waals surface area contributed by atoms with Gasteiger partial charge in [-0.15, -0.1) is 0 Å². The van der Waals surface area contributed by atoms with Crippen molar-refractivity contribution in [2.75, 3.05) is 0 Å². The molecule has 0 heterocycles. The summed E-state index contributed by atoms with van der Waals surface area (Å²) in [4.78, 5) is 22.7. The molecule has 1 aliphatic carbocycles. The minimum absolute atomic E-state index is 0.0378. The maximum absolute atomic E-state index is 12.1. The fraction of sp³-hybridized carbons (Fsp3) is 0.462. The number of hydrogen-bond donors (Lipinski definition) is 1. The Morgan fingerprint density at radius 2 is 2.21 bits per heavy atom. The van der Waals surface area contributed by atoms with E-state index in [9.17, 15) is 14.9 Å². The third kappa shape index (κ3) is 3.12. The summed E-state index contributed by atoms with van der Waals surface area (Å²) in [5, 5.41) is 13.7. The van der Waals surface area contributed by atoms with Gasteiger partial charge in [0.1, 0.15) is 0 Å². The van der Waals surface area contributed by atoms with Crippen molar-refractivity contribution >= 4 is 27.5 Å². The van der Waals surface area contributed by atoms with E-state index in [0.717, 1.165) is 19.3 Å². The summed E-state index contributed by atoms with van der Waals surface area (Å²) in [6, 6.07) is 4.58. The van der Waals surface area contributed by atoms with Gasteiger partial charge in [0, 0.05) is 28.1 Å². The largest absolute Gasteiger partial charge is 0.348 e. The molecule has 1 saturated carbocycles. The molecule has 0 aliphatic heterocycles. The molecular formula is C13H15BrN2O3. The molecule has 2 atom stereocenters. The number of halogens is 1. The Morgan fingerprint density at radius 3 is 2.74 bits per heavy atom. The first-order valence-electron chi connectivity index (χ1n) is 6.19. The lowest BCUT2D eigenvalue weighted by Gasteiger charge is -2.16. The van der Waals surface area contributed by atoms with Gasteiger partial charge in [0.05, 0.1) is 4.92 Å². The van der Waals surface area contributed by atoms with Gasteiger partial charge >= 0.3 is 0 Å². The highest BCUT2D eigenvalue weighted by molar-refractivity contribution is 9.09. The second-order valence-electron chi connectivity index (χ2n) is 4.79. The van der Waals surface area contributed by atoms with E-state index >= 15 is 0 Å². The number of aryl methyl sites for hydroxylation is 1. The zero-order valence-corrected chi connectivity index (χ0v) is 12.1. The van der Waals surface area contributed by atoms with Gasteiger partial charge in [-0.1, -0.05) is 22.4 Å². The molecule has 1 fully saturated rings. The fourth-order valence-corrected chi connectivity index (χ4v) is 3.05. The zero-order valence-electron chi connectivity index (χ0n) is 10.6. The van der Waals surface area contributed by atoms with Gasteiger partial charge in [0.2, 0.25) is 0 Å². The molecule has 19 heavy (non-hydrogen) atoms. The number of nitro groups is 1. The first-order chi connectivity index (χ1) is 8.99. The van der Waals surface area contributed by atoms with Crippen LogP contribution < -0.4 is 5.32 Å². The topological polar surface area (TPSA) is 72.2 Å². The molecule has 1 aliphatic rings. The molecule has 2 unspecified atom stereocenters. The van der Waals surface area contributed by atoms with Crippen LogP contribution in [0.4, 0.5) is 5.69 Å². The van der Waals surface area contributed by atoms with Gasteiger partial charge in [-0.25, -0.2) is 0 Å². The van der Waals surface area contributed by atoms with Crippen LogP contribution in [0.5, 0.6) is 0 Å². The SMILES string of the molecule is Cc1cc(C(=O)NC2CCCC2Br)ccc1[N+](=O)[O-]. The number of alkyl halides is 1. The lowest BCUT2D eigenvalue weighted by Crippen LogP contribution is -2.37. The Hall–Kier alpha value is -1.43. The van der Waals surface area contributed by atoms with Crippen molar-refractivity contribution in [3.05, 3.63) is 39.4 Å². The number of carbonyl (C=O) groups excluding carboxylic acids is 1. The first kappa shape index (κ1) is 14.0. The van der Waals surface area contributed by atoms with Crippen molar-refractivity contribution in [2.24, 2.45) is 0 Å². The number of carbonyl (C=O) groups is 1. The smallest absolute Gasteiger partial charge is 0.272 e. The average Bonchev–Trinajstić information content (AvgIpc) is 2.74. The zero-order chi connectivity index (χ0) is 14.0. The third-order valence-corrected chi connectivity index (χ3v) is 4.50. The van der Waals surface area contributed by atoms with Crippen LogP contribution in [0.15, 0.2) is 18.2 Å². The van der Waals surface area contributed by atoms with Crippen LogP contribution in [0.3, 0.4) is 0 Å². The van der Waals surface area contributed by atoms with Crippen molar-refractivity contribution in [3.63, 3.8) is 0 Å². The highest BCUT2D eigenvalue weighted by atomic mass is 79.9. The van der Waals surface area contributed by atoms with Crippen molar-refractivity contribution in [3.8, 4) is 0 Å². The van der Waals surface area contributed by atoms with Gasteiger partial charge < -0.3 is 5.32 Å². The predicted molar refractivity (Wildman–Crippen MR) is 75.7 cm³/mol. The third-order valence-electron chi connectivity index (χ3n) is 3.40. The van der Waals surface area contributed by atoms with Crippen LogP contribution in [0.1, 0.15) is 35.2 Å². The number of nitrogens with one attached hydrogen (secondary N) is 1. The Bertz CT molecular complexity index is 519. The first-order valence-corrected chi connectivity index (χ1v) is 7.10. The normalized spacial score (nSPS) is 22.2. The van der Waals surface area contributed by atoms with Crippen molar-refractivity contribution in [2.45, 2.75) is 37.1 Å². The summed E-state index contributed by atoms with van der Waals surface area (Å²) in [5.41, 5.74) is 1.00. The van der Waals surface area contributed by atoms with Crippen molar-refractivity contribution in [1.29, 1.82) is 0 Å². The molecule has 0 radical (unpaired) electrons. The predicted octanol–water partition coefficient (Wildman–Crippen LogP) is 2.95. The standard InChI is InChI=1S/C13H15BrN2O3/c1-8-7-9(5-6-12(8)16(18)19)13(17)15-11-4-2-3-10(11)14/h5-7,10-11H,2-4H2,1H3,(H,15,17). The quantitative estimate of drug-likeness (QED) is 0.527. The molecule has 0 spiro atoms. The summed E-state index contributed by atoms with van der Waals surface area (Å²) < 4.78 is 0. The second-order valence-corrected chi connectivity index (χ2v) is 5.96. The Labute approximate surface area is 119 Å². The van der Waals surface area contributed by atoms with E-state index in [2.05, 4.69) is 21.2 Å². The molecule has 1 N–H and O–H groups in total. The highest BCUT2D eigenvalue weighted by Gasteiger charge is 2.26. The maximum Gasteiger partial charge on any atom is 0.272 e. The molecule has 102 valence electrons. The summed E-state index contributed by atoms with van der Waals surface area (Å²) >= 11 is 3.55. The molecule has 2 rings (SSSR count). The van der Waals surface area contributed by atoms with Gasteiger partial charge in [-0.05, 0) is 31.9 Å². The molecule has 1 aromatic carbocycles. The maximum atomic E-state index is 12.1. The number of hydrogen-bond acceptors (Lipinski definition) is 3. The van der Waals surface area contributed by atoms with Crippen LogP contribution in [0.25, 0.3) is 0 Å². The lowest BCUT2D eigenvalue weighted by atomic mass is 10.1. The summed E-state index contributed by atoms with van der Waals surface area (Å²) in [7, 11) is 0. The van der Waals surface area contributed by atoms with Gasteiger partial charge in [0.25, 0.3) is 11.6 Å². The van der Waals surface area contributed by atoms with Gasteiger partial charge in [-0.3, -0.25) is 14.9 Å². The van der Waals surface area contributed by atoms with Crippen LogP contribution in [0, 0.1) is 17.0 Å². The molecular weight excluding hydrogens is 312 g/mol. The summed E-state index contributed by atoms with van der Waals surface area (Å²) in [6.07, 6.45) is 3.12. The number of amides is 1. The van der Waals surface area contributed by atoms with E-state index in [1.54, 1.807) is 13.0 Å². The van der Waals surface area contributed by atoms with Gasteiger partial charge in [0.15, 0.2) is 0 Å². The Balaban J connectivity index is 2.11. The van der Waals surface area contributed by atoms with Crippen LogP contribution >= 0.6 is 15.9 Å². The van der Waals surface area contributed by atoms with Crippen molar-refractivity contribution in [1.82, 2.24) is 5.32 Å². The molecule has 5 nitrogen and oxygen atoms in total. The van der Waals surface area contributed by atoms with Gasteiger partial charge in [-0.2, -0.15) is 0 Å². The van der Waals surface area contributed by atoms with Crippen molar-refractivity contribution < 1.29 is 9.72 Å². The van der Waals surface area contributed by atoms with E-state index in [4.69, 9.17) is 0 Å². The molecule has 0 aromatic heterocycles. The number of nitrogens with zero attached hydrogens (tertiary/aromatic N) is 1. The minimum Gasteiger partial charge on any atom is -0.348 e. The number of nitro benzene ring substituents is 1. The Kier molecular flexibility index (Phi) is 4.19. The van der Waals surface area contributed by atoms with E-state index in [1.165, 1.54) is 12.1 Å². The second kappa shape index (κ2) is 5.69. The highest BCUT2D eigenvalue weighted by Crippen LogP contribution is 2.26. The molecule has 1 amide bonds. The molecule has 6 heteroatoms. The number of benzene rings is 1. The summed E-state index contributed by atoms with van der Waals surface area (Å²) in [5.74, 6) is -0.172.